The topological polar surface area (TPSA) is 42.0 Å². The van der Waals surface area contributed by atoms with Gasteiger partial charge in [-0.3, -0.25) is 9.78 Å². The van der Waals surface area contributed by atoms with Gasteiger partial charge in [0, 0.05) is 30.3 Å². The number of fused-ring (bicyclic) bond motifs is 2. The Bertz CT molecular complexity index is 1150. The van der Waals surface area contributed by atoms with Gasteiger partial charge >= 0.3 is 0 Å². The quantitative estimate of drug-likeness (QED) is 0.723. The van der Waals surface area contributed by atoms with Crippen LogP contribution in [0.4, 0.5) is 4.39 Å². The number of nitrogens with zero attached hydrogens (tertiary/aromatic N) is 1. The molecule has 0 fully saturated rings. The molecule has 1 amide bonds. The third-order valence-electron chi connectivity index (χ3n) is 5.91. The van der Waals surface area contributed by atoms with Crippen molar-refractivity contribution < 1.29 is 9.18 Å². The van der Waals surface area contributed by atoms with E-state index in [0.717, 1.165) is 36.1 Å². The highest BCUT2D eigenvalue weighted by Crippen LogP contribution is 2.34. The van der Waals surface area contributed by atoms with Crippen LogP contribution in [-0.4, -0.2) is 10.9 Å². The second-order valence-electron chi connectivity index (χ2n) is 7.99. The van der Waals surface area contributed by atoms with E-state index in [0.29, 0.717) is 24.1 Å². The summed E-state index contributed by atoms with van der Waals surface area (Å²) in [4.78, 5) is 17.3. The number of rotatable bonds is 3. The molecule has 0 radical (unpaired) electrons. The van der Waals surface area contributed by atoms with Crippen molar-refractivity contribution in [1.29, 1.82) is 0 Å². The lowest BCUT2D eigenvalue weighted by Crippen LogP contribution is -2.23. The monoisotopic (exact) mass is 398 g/mol. The summed E-state index contributed by atoms with van der Waals surface area (Å²) in [5, 5.41) is 2.80. The van der Waals surface area contributed by atoms with Crippen molar-refractivity contribution in [2.75, 3.05) is 0 Å². The maximum Gasteiger partial charge on any atom is 0.257 e. The highest BCUT2D eigenvalue weighted by atomic mass is 19.1. The van der Waals surface area contributed by atoms with Gasteiger partial charge in [-0.25, -0.2) is 4.39 Å². The molecule has 1 N–H and O–H groups in total. The predicted octanol–water partition coefficient (Wildman–Crippen LogP) is 5.68. The number of pyridine rings is 1. The van der Waals surface area contributed by atoms with Crippen LogP contribution in [0.3, 0.4) is 0 Å². The molecule has 0 bridgehead atoms. The average molecular weight is 398 g/mol. The second kappa shape index (κ2) is 7.86. The van der Waals surface area contributed by atoms with E-state index < -0.39 is 0 Å². The zero-order valence-corrected chi connectivity index (χ0v) is 16.7. The van der Waals surface area contributed by atoms with Crippen LogP contribution in [0.15, 0.2) is 66.3 Å². The molecule has 1 heterocycles. The normalized spacial score (nSPS) is 17.3. The van der Waals surface area contributed by atoms with Crippen molar-refractivity contribution >= 4 is 17.6 Å². The summed E-state index contributed by atoms with van der Waals surface area (Å²) in [7, 11) is 0. The Morgan fingerprint density at radius 3 is 2.93 bits per heavy atom. The minimum Gasteiger partial charge on any atom is -0.322 e. The average Bonchev–Trinajstić information content (AvgIpc) is 3.03. The molecule has 2 aromatic rings. The van der Waals surface area contributed by atoms with E-state index in [1.54, 1.807) is 6.20 Å². The first kappa shape index (κ1) is 18.7. The summed E-state index contributed by atoms with van der Waals surface area (Å²) in [5.74, 6) is -0.469. The lowest BCUT2D eigenvalue weighted by molar-refractivity contribution is 0.0966. The van der Waals surface area contributed by atoms with Gasteiger partial charge in [-0.15, -0.1) is 0 Å². The number of amides is 1. The molecule has 1 aromatic heterocycles. The molecule has 0 spiro atoms. The first-order valence-corrected chi connectivity index (χ1v) is 10.5. The fourth-order valence-electron chi connectivity index (χ4n) is 4.32. The van der Waals surface area contributed by atoms with Gasteiger partial charge in [0.25, 0.3) is 5.91 Å². The molecule has 4 heteroatoms. The third kappa shape index (κ3) is 3.65. The van der Waals surface area contributed by atoms with E-state index in [9.17, 15) is 9.18 Å². The molecular formula is C26H23FN2O. The molecule has 150 valence electrons. The van der Waals surface area contributed by atoms with Crippen molar-refractivity contribution in [2.24, 2.45) is 0 Å². The first-order chi connectivity index (χ1) is 14.7. The number of allylic oxidation sites excluding steroid dienone is 5. The standard InChI is InChI=1S/C26H23FN2O/c27-21-7-4-8-22(15-21)29-26(30)20-14-24-23(11-12-25(24)28-16-20)19-10-9-17-5-2-1-3-6-18(17)13-19/h2,5,8-11,13-16H,1,3-4,6-7,12H2,(H,29,30). The molecule has 0 saturated heterocycles. The van der Waals surface area contributed by atoms with Gasteiger partial charge in [-0.05, 0) is 60.1 Å². The van der Waals surface area contributed by atoms with Gasteiger partial charge in [0.1, 0.15) is 5.83 Å². The van der Waals surface area contributed by atoms with E-state index in [4.69, 9.17) is 0 Å². The minimum absolute atomic E-state index is 0.205. The van der Waals surface area contributed by atoms with Crippen molar-refractivity contribution in [3.8, 4) is 0 Å². The SMILES string of the molecule is O=C(NC1=CCCC(F)=C1)c1cnc2c(c1)C(c1ccc3c(c1)CCCC=C3)=CC2. The maximum atomic E-state index is 13.5. The van der Waals surface area contributed by atoms with E-state index in [2.05, 4.69) is 46.7 Å². The highest BCUT2D eigenvalue weighted by molar-refractivity contribution is 5.97. The van der Waals surface area contributed by atoms with Crippen LogP contribution in [0.5, 0.6) is 0 Å². The van der Waals surface area contributed by atoms with Crippen molar-refractivity contribution in [2.45, 2.75) is 38.5 Å². The first-order valence-electron chi connectivity index (χ1n) is 10.5. The third-order valence-corrected chi connectivity index (χ3v) is 5.91. The Hall–Kier alpha value is -3.27. The second-order valence-corrected chi connectivity index (χ2v) is 7.99. The van der Waals surface area contributed by atoms with Gasteiger partial charge in [0.2, 0.25) is 0 Å². The fraction of sp³-hybridized carbons (Fsp3) is 0.231. The van der Waals surface area contributed by atoms with Crippen molar-refractivity contribution in [3.05, 3.63) is 99.8 Å². The number of hydrogen-bond donors (Lipinski definition) is 1. The zero-order valence-electron chi connectivity index (χ0n) is 16.7. The van der Waals surface area contributed by atoms with E-state index in [1.807, 2.05) is 12.1 Å². The number of aryl methyl sites for hydroxylation is 1. The lowest BCUT2D eigenvalue weighted by atomic mass is 9.94. The molecular weight excluding hydrogens is 375 g/mol. The van der Waals surface area contributed by atoms with Gasteiger partial charge < -0.3 is 5.32 Å². The number of hydrogen-bond acceptors (Lipinski definition) is 2. The van der Waals surface area contributed by atoms with Crippen LogP contribution in [-0.2, 0) is 12.8 Å². The Kier molecular flexibility index (Phi) is 4.91. The summed E-state index contributed by atoms with van der Waals surface area (Å²) in [5.41, 5.74) is 7.95. The van der Waals surface area contributed by atoms with Gasteiger partial charge in [-0.1, -0.05) is 42.5 Å². The smallest absolute Gasteiger partial charge is 0.257 e. The molecule has 3 nitrogen and oxygen atoms in total. The Balaban J connectivity index is 1.42. The summed E-state index contributed by atoms with van der Waals surface area (Å²) in [6.07, 6.45) is 16.6. The molecule has 30 heavy (non-hydrogen) atoms. The minimum atomic E-state index is -0.263. The molecule has 0 aliphatic heterocycles. The van der Waals surface area contributed by atoms with Crippen LogP contribution in [0, 0.1) is 0 Å². The molecule has 5 rings (SSSR count). The summed E-state index contributed by atoms with van der Waals surface area (Å²) in [6.45, 7) is 0. The summed E-state index contributed by atoms with van der Waals surface area (Å²) in [6, 6.07) is 8.53. The molecule has 3 aliphatic rings. The predicted molar refractivity (Wildman–Crippen MR) is 117 cm³/mol. The Morgan fingerprint density at radius 1 is 1.10 bits per heavy atom. The number of halogens is 1. The van der Waals surface area contributed by atoms with Crippen molar-refractivity contribution in [1.82, 2.24) is 10.3 Å². The number of aromatic nitrogens is 1. The number of carbonyl (C=O) groups excluding carboxylic acids is 1. The van der Waals surface area contributed by atoms with Crippen LogP contribution in [0.1, 0.15) is 64.0 Å². The maximum absolute atomic E-state index is 13.5. The van der Waals surface area contributed by atoms with Gasteiger partial charge in [0.05, 0.1) is 11.3 Å². The molecule has 3 aliphatic carbocycles. The fourth-order valence-corrected chi connectivity index (χ4v) is 4.32. The Morgan fingerprint density at radius 2 is 2.03 bits per heavy atom. The highest BCUT2D eigenvalue weighted by Gasteiger charge is 2.20. The van der Waals surface area contributed by atoms with Crippen molar-refractivity contribution in [3.63, 3.8) is 0 Å². The number of nitrogens with one attached hydrogen (secondary N) is 1. The Labute approximate surface area is 175 Å². The van der Waals surface area contributed by atoms with Crippen LogP contribution in [0.2, 0.25) is 0 Å². The number of benzene rings is 1. The summed E-state index contributed by atoms with van der Waals surface area (Å²) < 4.78 is 13.5. The number of carbonyl (C=O) groups is 1. The molecule has 0 saturated carbocycles. The van der Waals surface area contributed by atoms with Crippen LogP contribution in [0.25, 0.3) is 11.6 Å². The summed E-state index contributed by atoms with van der Waals surface area (Å²) >= 11 is 0. The molecule has 0 unspecified atom stereocenters. The largest absolute Gasteiger partial charge is 0.322 e. The van der Waals surface area contributed by atoms with Gasteiger partial charge in [0.15, 0.2) is 0 Å². The van der Waals surface area contributed by atoms with Crippen LogP contribution >= 0.6 is 0 Å². The lowest BCUT2D eigenvalue weighted by Gasteiger charge is -2.13. The zero-order chi connectivity index (χ0) is 20.5. The van der Waals surface area contributed by atoms with E-state index in [-0.39, 0.29) is 11.7 Å². The van der Waals surface area contributed by atoms with Gasteiger partial charge in [-0.2, -0.15) is 0 Å². The van der Waals surface area contributed by atoms with Crippen LogP contribution < -0.4 is 5.32 Å². The molecule has 1 aromatic carbocycles. The van der Waals surface area contributed by atoms with E-state index >= 15 is 0 Å². The molecule has 0 atom stereocenters. The van der Waals surface area contributed by atoms with E-state index in [1.165, 1.54) is 29.2 Å².